The zero-order valence-corrected chi connectivity index (χ0v) is 27.8. The van der Waals surface area contributed by atoms with Crippen molar-refractivity contribution in [3.63, 3.8) is 0 Å². The summed E-state index contributed by atoms with van der Waals surface area (Å²) in [6.07, 6.45) is 8.76. The fraction of sp³-hybridized carbons (Fsp3) is 0.633. The molecule has 1 aromatic carbocycles. The van der Waals surface area contributed by atoms with Crippen LogP contribution in [0.15, 0.2) is 17.0 Å². The Morgan fingerprint density at radius 2 is 1.58 bits per heavy atom. The lowest BCUT2D eigenvalue weighted by molar-refractivity contribution is -0.156. The zero-order chi connectivity index (χ0) is 31.4. The van der Waals surface area contributed by atoms with Gasteiger partial charge in [0.1, 0.15) is 4.90 Å². The van der Waals surface area contributed by atoms with Crippen LogP contribution in [0.2, 0.25) is 15.1 Å². The minimum absolute atomic E-state index is 0.000249. The molecule has 0 atom stereocenters. The quantitative estimate of drug-likeness (QED) is 0.275. The molecule has 3 N–H and O–H groups in total. The Hall–Kier alpha value is -1.85. The number of carboxylic acids is 1. The molecule has 0 spiro atoms. The molecule has 0 unspecified atom stereocenters. The van der Waals surface area contributed by atoms with Crippen LogP contribution in [0.25, 0.3) is 11.3 Å². The molecule has 1 heterocycles. The number of rotatable bonds is 8. The van der Waals surface area contributed by atoms with Gasteiger partial charge in [-0.25, -0.2) is 13.1 Å². The van der Waals surface area contributed by atoms with E-state index in [-0.39, 0.29) is 25.7 Å². The lowest BCUT2D eigenvalue weighted by Gasteiger charge is -2.51. The Morgan fingerprint density at radius 1 is 0.977 bits per heavy atom. The van der Waals surface area contributed by atoms with Gasteiger partial charge in [0.15, 0.2) is 5.69 Å². The topological polar surface area (TPSA) is 130 Å². The molecule has 0 radical (unpaired) electrons. The van der Waals surface area contributed by atoms with Gasteiger partial charge in [-0.2, -0.15) is 5.10 Å². The molecule has 1 amide bonds. The number of nitrogens with zero attached hydrogens (tertiary/aromatic N) is 2. The summed E-state index contributed by atoms with van der Waals surface area (Å²) in [7, 11) is -3.98. The average molecular weight is 674 g/mol. The normalized spacial score (nSPS) is 24.7. The highest BCUT2D eigenvalue weighted by molar-refractivity contribution is 7.89. The molecule has 1 aromatic heterocycles. The first-order chi connectivity index (χ1) is 20.1. The Bertz CT molecular complexity index is 1520. The van der Waals surface area contributed by atoms with E-state index in [0.717, 1.165) is 25.7 Å². The zero-order valence-electron chi connectivity index (χ0n) is 24.7. The number of aromatic nitrogens is 2. The molecule has 2 aromatic rings. The second-order valence-electron chi connectivity index (χ2n) is 13.6. The van der Waals surface area contributed by atoms with E-state index in [1.807, 2.05) is 0 Å². The van der Waals surface area contributed by atoms with Crippen molar-refractivity contribution in [2.45, 2.75) is 114 Å². The Kier molecular flexibility index (Phi) is 8.95. The summed E-state index contributed by atoms with van der Waals surface area (Å²) < 4.78 is 30.5. The van der Waals surface area contributed by atoms with Crippen LogP contribution in [0.3, 0.4) is 0 Å². The molecule has 4 fully saturated rings. The van der Waals surface area contributed by atoms with Crippen LogP contribution in [0.5, 0.6) is 0 Å². The summed E-state index contributed by atoms with van der Waals surface area (Å²) in [5.74, 6) is -0.845. The smallest absolute Gasteiger partial charge is 0.309 e. The first-order valence-electron chi connectivity index (χ1n) is 14.9. The maximum Gasteiger partial charge on any atom is 0.309 e. The first kappa shape index (κ1) is 32.5. The first-order valence-corrected chi connectivity index (χ1v) is 17.5. The van der Waals surface area contributed by atoms with Crippen molar-refractivity contribution in [3.05, 3.63) is 32.9 Å². The van der Waals surface area contributed by atoms with Crippen LogP contribution in [-0.4, -0.2) is 46.3 Å². The van der Waals surface area contributed by atoms with Crippen LogP contribution < -0.4 is 10.0 Å². The molecule has 0 aliphatic heterocycles. The van der Waals surface area contributed by atoms with Crippen molar-refractivity contribution in [2.24, 2.45) is 11.3 Å². The second-order valence-corrected chi connectivity index (χ2v) is 16.4. The fourth-order valence-electron chi connectivity index (χ4n) is 6.96. The molecule has 6 rings (SSSR count). The molecule has 4 aliphatic rings. The van der Waals surface area contributed by atoms with E-state index in [9.17, 15) is 23.1 Å². The van der Waals surface area contributed by atoms with E-state index < -0.39 is 38.4 Å². The maximum absolute atomic E-state index is 13.8. The molecule has 43 heavy (non-hydrogen) atoms. The number of halogens is 3. The average Bonchev–Trinajstić information content (AvgIpc) is 3.25. The molecule has 4 aliphatic carbocycles. The van der Waals surface area contributed by atoms with Crippen molar-refractivity contribution in [1.82, 2.24) is 19.8 Å². The lowest BCUT2D eigenvalue weighted by Crippen LogP contribution is -2.58. The van der Waals surface area contributed by atoms with Crippen LogP contribution in [0.1, 0.15) is 102 Å². The van der Waals surface area contributed by atoms with E-state index in [1.54, 1.807) is 31.5 Å². The minimum atomic E-state index is -3.98. The largest absolute Gasteiger partial charge is 0.481 e. The maximum atomic E-state index is 13.8. The summed E-state index contributed by atoms with van der Waals surface area (Å²) in [5, 5.41) is 17.6. The number of sulfonamides is 1. The monoisotopic (exact) mass is 672 g/mol. The molecule has 4 saturated carbocycles. The van der Waals surface area contributed by atoms with Gasteiger partial charge in [-0.1, -0.05) is 54.1 Å². The number of nitrogens with one attached hydrogen (secondary N) is 2. The number of fused-ring (bicyclic) bond motifs is 3. The van der Waals surface area contributed by atoms with Crippen molar-refractivity contribution < 1.29 is 23.1 Å². The third-order valence-electron chi connectivity index (χ3n) is 9.38. The number of aliphatic carboxylic acids is 1. The second kappa shape index (κ2) is 11.8. The Morgan fingerprint density at radius 3 is 2.14 bits per heavy atom. The summed E-state index contributed by atoms with van der Waals surface area (Å²) in [6, 6.07) is 2.95. The molecule has 13 heteroatoms. The van der Waals surface area contributed by atoms with Crippen molar-refractivity contribution in [3.8, 4) is 11.3 Å². The molecule has 0 saturated heterocycles. The predicted molar refractivity (Wildman–Crippen MR) is 167 cm³/mol. The van der Waals surface area contributed by atoms with Gasteiger partial charge in [0.05, 0.1) is 26.2 Å². The Balaban J connectivity index is 1.51. The summed E-state index contributed by atoms with van der Waals surface area (Å²) in [4.78, 5) is 25.5. The van der Waals surface area contributed by atoms with Gasteiger partial charge in [0.2, 0.25) is 10.0 Å². The third kappa shape index (κ3) is 6.45. The Labute approximate surface area is 268 Å². The van der Waals surface area contributed by atoms with E-state index in [2.05, 4.69) is 10.0 Å². The van der Waals surface area contributed by atoms with Gasteiger partial charge < -0.3 is 10.4 Å². The number of hydrogen-bond donors (Lipinski definition) is 3. The summed E-state index contributed by atoms with van der Waals surface area (Å²) in [5.41, 5.74) is -1.08. The van der Waals surface area contributed by atoms with Crippen molar-refractivity contribution in [2.75, 3.05) is 0 Å². The van der Waals surface area contributed by atoms with Gasteiger partial charge >= 0.3 is 5.97 Å². The number of carbonyl (C=O) groups is 2. The van der Waals surface area contributed by atoms with E-state index in [4.69, 9.17) is 39.9 Å². The summed E-state index contributed by atoms with van der Waals surface area (Å²) >= 11 is 20.3. The highest BCUT2D eigenvalue weighted by atomic mass is 35.5. The number of amides is 1. The minimum Gasteiger partial charge on any atom is -0.481 e. The predicted octanol–water partition coefficient (Wildman–Crippen LogP) is 7.07. The van der Waals surface area contributed by atoms with Crippen LogP contribution in [-0.2, 0) is 21.4 Å². The van der Waals surface area contributed by atoms with Gasteiger partial charge in [0.25, 0.3) is 5.91 Å². The number of hydrogen-bond acceptors (Lipinski definition) is 5. The summed E-state index contributed by atoms with van der Waals surface area (Å²) in [6.45, 7) is 5.71. The molecular weight excluding hydrogens is 635 g/mol. The lowest BCUT2D eigenvalue weighted by atomic mass is 9.57. The van der Waals surface area contributed by atoms with Crippen molar-refractivity contribution in [1.29, 1.82) is 0 Å². The molecule has 9 nitrogen and oxygen atoms in total. The highest BCUT2D eigenvalue weighted by Crippen LogP contribution is 2.52. The molecule has 236 valence electrons. The highest BCUT2D eigenvalue weighted by Gasteiger charge is 2.53. The van der Waals surface area contributed by atoms with Crippen LogP contribution in [0, 0.1) is 11.3 Å². The van der Waals surface area contributed by atoms with Crippen LogP contribution in [0.4, 0.5) is 0 Å². The number of benzene rings is 1. The third-order valence-corrected chi connectivity index (χ3v) is 12.5. The molecular formula is C30H39Cl3N4O5S. The van der Waals surface area contributed by atoms with Gasteiger partial charge in [-0.05, 0) is 90.2 Å². The fourth-order valence-corrected chi connectivity index (χ4v) is 9.57. The molecule has 2 bridgehead atoms. The van der Waals surface area contributed by atoms with E-state index in [1.165, 1.54) is 12.5 Å². The van der Waals surface area contributed by atoms with E-state index in [0.29, 0.717) is 62.2 Å². The standard InChI is InChI=1S/C30H39Cl3N4O5S/c1-28(2,3)36-43(41,42)20-10-9-19(21(31)22(20)32)25-23(33)24(35-37(25)17-18-7-5-4-6-8-18)26(38)34-30-14-11-29(12-15-30,13-16-30)27(39)40/h9-10,18,36H,4-8,11-17H2,1-3H3,(H,34,38)(H,39,40). The van der Waals surface area contributed by atoms with Gasteiger partial charge in [-0.3, -0.25) is 14.3 Å². The van der Waals surface area contributed by atoms with Crippen molar-refractivity contribution >= 4 is 56.7 Å². The number of carbonyl (C=O) groups excluding carboxylic acids is 1. The SMILES string of the molecule is CC(C)(C)NS(=O)(=O)c1ccc(-c2c(Cl)c(C(=O)NC34CCC(C(=O)O)(CC3)CC4)nn2CC2CCCCC2)c(Cl)c1Cl. The van der Waals surface area contributed by atoms with Gasteiger partial charge in [0, 0.05) is 23.2 Å². The number of carboxylic acid groups (broad SMARTS) is 1. The van der Waals surface area contributed by atoms with Gasteiger partial charge in [-0.15, -0.1) is 0 Å². The van der Waals surface area contributed by atoms with Crippen LogP contribution >= 0.6 is 34.8 Å². The van der Waals surface area contributed by atoms with E-state index >= 15 is 0 Å².